The van der Waals surface area contributed by atoms with Gasteiger partial charge in [-0.25, -0.2) is 10.3 Å². The van der Waals surface area contributed by atoms with Crippen LogP contribution in [0.25, 0.3) is 0 Å². The normalized spacial score (nSPS) is 26.2. The van der Waals surface area contributed by atoms with Crippen molar-refractivity contribution in [3.8, 4) is 0 Å². The molecule has 1 aliphatic heterocycles. The van der Waals surface area contributed by atoms with Crippen LogP contribution in [0, 0.1) is 11.8 Å². The number of anilines is 1. The maximum Gasteiger partial charge on any atom is 0.407 e. The molecule has 2 saturated carbocycles. The Bertz CT molecular complexity index is 792. The van der Waals surface area contributed by atoms with Crippen molar-refractivity contribution in [1.82, 2.24) is 15.7 Å². The second-order valence-corrected chi connectivity index (χ2v) is 8.60. The van der Waals surface area contributed by atoms with Crippen LogP contribution in [0.15, 0.2) is 30.3 Å². The van der Waals surface area contributed by atoms with Gasteiger partial charge in [0.25, 0.3) is 0 Å². The van der Waals surface area contributed by atoms with Crippen LogP contribution in [0.3, 0.4) is 0 Å². The van der Waals surface area contributed by atoms with Gasteiger partial charge in [0.2, 0.25) is 11.8 Å². The number of nitrogens with zero attached hydrogens (tertiary/aromatic N) is 2. The molecule has 0 radical (unpaired) electrons. The number of ether oxygens (including phenoxy) is 1. The predicted molar refractivity (Wildman–Crippen MR) is 112 cm³/mol. The average molecular weight is 431 g/mol. The monoisotopic (exact) mass is 430 g/mol. The van der Waals surface area contributed by atoms with Crippen LogP contribution in [0.1, 0.15) is 32.1 Å². The fourth-order valence-corrected chi connectivity index (χ4v) is 4.55. The van der Waals surface area contributed by atoms with E-state index in [0.29, 0.717) is 25.9 Å². The number of amides is 3. The van der Waals surface area contributed by atoms with E-state index in [1.807, 2.05) is 23.1 Å². The van der Waals surface area contributed by atoms with Crippen LogP contribution in [0.4, 0.5) is 10.5 Å². The van der Waals surface area contributed by atoms with E-state index in [-0.39, 0.29) is 18.4 Å². The van der Waals surface area contributed by atoms with E-state index >= 15 is 0 Å². The van der Waals surface area contributed by atoms with Gasteiger partial charge < -0.3 is 19.9 Å². The van der Waals surface area contributed by atoms with Gasteiger partial charge in [0.1, 0.15) is 6.10 Å². The number of nitrogens with one attached hydrogen (secondary N) is 2. The summed E-state index contributed by atoms with van der Waals surface area (Å²) in [4.78, 5) is 41.6. The molecule has 4 rings (SSSR count). The minimum Gasteiger partial charge on any atom is -0.446 e. The number of para-hydroxylation sites is 1. The zero-order valence-corrected chi connectivity index (χ0v) is 17.5. The summed E-state index contributed by atoms with van der Waals surface area (Å²) in [5.41, 5.74) is 2.83. The molecule has 168 valence electrons. The van der Waals surface area contributed by atoms with Crippen LogP contribution < -0.4 is 15.7 Å². The molecule has 1 heterocycles. The highest BCUT2D eigenvalue weighted by Gasteiger charge is 2.42. The number of benzene rings is 1. The van der Waals surface area contributed by atoms with E-state index in [0.717, 1.165) is 31.6 Å². The number of piperazine rings is 1. The third-order valence-electron chi connectivity index (χ3n) is 6.45. The zero-order chi connectivity index (χ0) is 21.8. The molecule has 0 bridgehead atoms. The summed E-state index contributed by atoms with van der Waals surface area (Å²) in [5, 5.41) is 12.0. The third-order valence-corrected chi connectivity index (χ3v) is 6.45. The van der Waals surface area contributed by atoms with Crippen molar-refractivity contribution in [2.75, 3.05) is 31.1 Å². The number of hydrogen-bond acceptors (Lipinski definition) is 6. The highest BCUT2D eigenvalue weighted by molar-refractivity contribution is 5.87. The Kier molecular flexibility index (Phi) is 6.60. The molecule has 0 spiro atoms. The first-order chi connectivity index (χ1) is 15.0. The van der Waals surface area contributed by atoms with Gasteiger partial charge in [-0.1, -0.05) is 18.2 Å². The molecule has 3 unspecified atom stereocenters. The van der Waals surface area contributed by atoms with Crippen molar-refractivity contribution in [3.05, 3.63) is 30.3 Å². The van der Waals surface area contributed by atoms with E-state index < -0.39 is 29.9 Å². The van der Waals surface area contributed by atoms with Crippen LogP contribution in [0.5, 0.6) is 0 Å². The number of carbonyl (C=O) groups excluding carboxylic acids is 3. The molecule has 0 aromatic heterocycles. The largest absolute Gasteiger partial charge is 0.446 e. The molecule has 3 N–H and O–H groups in total. The van der Waals surface area contributed by atoms with Gasteiger partial charge in [-0.05, 0) is 44.2 Å². The molecule has 3 fully saturated rings. The first-order valence-corrected chi connectivity index (χ1v) is 11.0. The SMILES string of the molecule is O=C(NC1CC1)OC1CCC(C(=O)N2CCN(c3ccccc3)CC2)C(C(=O)NO)C1. The predicted octanol–water partition coefficient (Wildman–Crippen LogP) is 1.51. The van der Waals surface area contributed by atoms with Crippen molar-refractivity contribution in [2.24, 2.45) is 11.8 Å². The topological polar surface area (TPSA) is 111 Å². The second kappa shape index (κ2) is 9.55. The van der Waals surface area contributed by atoms with Crippen LogP contribution in [-0.2, 0) is 14.3 Å². The molecular weight excluding hydrogens is 400 g/mol. The van der Waals surface area contributed by atoms with Crippen molar-refractivity contribution < 1.29 is 24.3 Å². The number of alkyl carbamates (subject to hydrolysis) is 1. The molecule has 3 amide bonds. The molecule has 2 aliphatic carbocycles. The van der Waals surface area contributed by atoms with Gasteiger partial charge in [0.05, 0.1) is 11.8 Å². The number of hydrogen-bond donors (Lipinski definition) is 3. The maximum absolute atomic E-state index is 13.2. The molecule has 3 atom stereocenters. The summed E-state index contributed by atoms with van der Waals surface area (Å²) in [6, 6.07) is 10.3. The fraction of sp³-hybridized carbons (Fsp3) is 0.591. The van der Waals surface area contributed by atoms with E-state index in [2.05, 4.69) is 22.3 Å². The number of carbonyl (C=O) groups is 3. The summed E-state index contributed by atoms with van der Waals surface area (Å²) in [5.74, 6) is -1.92. The van der Waals surface area contributed by atoms with E-state index in [1.165, 1.54) is 0 Å². The van der Waals surface area contributed by atoms with Crippen molar-refractivity contribution >= 4 is 23.6 Å². The Balaban J connectivity index is 1.34. The van der Waals surface area contributed by atoms with Gasteiger partial charge >= 0.3 is 6.09 Å². The Hall–Kier alpha value is -2.81. The summed E-state index contributed by atoms with van der Waals surface area (Å²) in [7, 11) is 0. The lowest BCUT2D eigenvalue weighted by atomic mass is 9.76. The van der Waals surface area contributed by atoms with Gasteiger partial charge in [-0.2, -0.15) is 0 Å². The molecule has 9 nitrogen and oxygen atoms in total. The quantitative estimate of drug-likeness (QED) is 0.482. The Morgan fingerprint density at radius 2 is 1.65 bits per heavy atom. The molecule has 1 aromatic rings. The molecule has 1 aromatic carbocycles. The fourth-order valence-electron chi connectivity index (χ4n) is 4.55. The van der Waals surface area contributed by atoms with Crippen molar-refractivity contribution in [1.29, 1.82) is 0 Å². The minimum absolute atomic E-state index is 0.0674. The van der Waals surface area contributed by atoms with Crippen molar-refractivity contribution in [3.63, 3.8) is 0 Å². The van der Waals surface area contributed by atoms with Gasteiger partial charge in [-0.3, -0.25) is 14.8 Å². The van der Waals surface area contributed by atoms with Gasteiger partial charge in [-0.15, -0.1) is 0 Å². The maximum atomic E-state index is 13.2. The molecular formula is C22H30N4O5. The lowest BCUT2D eigenvalue weighted by Gasteiger charge is -2.40. The van der Waals surface area contributed by atoms with E-state index in [1.54, 1.807) is 5.48 Å². The molecule has 9 heteroatoms. The molecule has 31 heavy (non-hydrogen) atoms. The number of rotatable bonds is 5. The first kappa shape index (κ1) is 21.4. The first-order valence-electron chi connectivity index (χ1n) is 11.0. The lowest BCUT2D eigenvalue weighted by Crippen LogP contribution is -2.53. The van der Waals surface area contributed by atoms with Crippen LogP contribution in [0.2, 0.25) is 0 Å². The number of hydroxylamine groups is 1. The third kappa shape index (κ3) is 5.28. The summed E-state index contributed by atoms with van der Waals surface area (Å²) < 4.78 is 5.46. The Morgan fingerprint density at radius 1 is 0.935 bits per heavy atom. The van der Waals surface area contributed by atoms with Gasteiger partial charge in [0.15, 0.2) is 0 Å². The molecule has 3 aliphatic rings. The summed E-state index contributed by atoms with van der Waals surface area (Å²) in [6.07, 6.45) is 2.19. The average Bonchev–Trinajstić information content (AvgIpc) is 3.62. The zero-order valence-electron chi connectivity index (χ0n) is 17.5. The lowest BCUT2D eigenvalue weighted by molar-refractivity contribution is -0.149. The smallest absolute Gasteiger partial charge is 0.407 e. The van der Waals surface area contributed by atoms with Gasteiger partial charge in [0, 0.05) is 37.9 Å². The van der Waals surface area contributed by atoms with Crippen LogP contribution >= 0.6 is 0 Å². The highest BCUT2D eigenvalue weighted by atomic mass is 16.6. The van der Waals surface area contributed by atoms with Crippen LogP contribution in [-0.4, -0.2) is 66.3 Å². The Labute approximate surface area is 181 Å². The van der Waals surface area contributed by atoms with E-state index in [9.17, 15) is 19.6 Å². The minimum atomic E-state index is -0.725. The summed E-state index contributed by atoms with van der Waals surface area (Å²) >= 11 is 0. The van der Waals surface area contributed by atoms with Crippen molar-refractivity contribution in [2.45, 2.75) is 44.2 Å². The molecule has 1 saturated heterocycles. The standard InChI is InChI=1S/C22H30N4O5/c27-20(24-30)19-14-17(31-22(29)23-15-6-7-15)8-9-18(19)21(28)26-12-10-25(11-13-26)16-4-2-1-3-5-16/h1-5,15,17-19,30H,6-14H2,(H,23,29)(H,24,27). The van der Waals surface area contributed by atoms with E-state index in [4.69, 9.17) is 4.74 Å². The second-order valence-electron chi connectivity index (χ2n) is 8.60. The highest BCUT2D eigenvalue weighted by Crippen LogP contribution is 2.34. The Morgan fingerprint density at radius 3 is 2.29 bits per heavy atom. The summed E-state index contributed by atoms with van der Waals surface area (Å²) in [6.45, 7) is 2.63.